The summed E-state index contributed by atoms with van der Waals surface area (Å²) in [5.41, 5.74) is 5.39. The maximum Gasteiger partial charge on any atom is 0.259 e. The van der Waals surface area contributed by atoms with Crippen LogP contribution in [-0.2, 0) is 9.84 Å². The molecule has 12 heteroatoms. The number of sulfone groups is 1. The van der Waals surface area contributed by atoms with Crippen LogP contribution in [0, 0.1) is 5.82 Å². The number of pyridine rings is 1. The first-order valence-electron chi connectivity index (χ1n) is 10.9. The minimum atomic E-state index is -3.55. The van der Waals surface area contributed by atoms with Crippen LogP contribution in [0.5, 0.6) is 5.75 Å². The number of anilines is 2. The summed E-state index contributed by atoms with van der Waals surface area (Å²) in [4.78, 5) is 29.9. The highest BCUT2D eigenvalue weighted by atomic mass is 35.5. The van der Waals surface area contributed by atoms with E-state index in [1.807, 2.05) is 0 Å². The van der Waals surface area contributed by atoms with E-state index in [0.717, 1.165) is 12.1 Å². The van der Waals surface area contributed by atoms with E-state index in [0.29, 0.717) is 18.0 Å². The van der Waals surface area contributed by atoms with Gasteiger partial charge in [-0.05, 0) is 61.5 Å². The summed E-state index contributed by atoms with van der Waals surface area (Å²) in [5.74, 6) is -2.02. The number of nitrogens with two attached hydrogens (primary N) is 1. The molecule has 0 atom stereocenters. The molecule has 0 saturated carbocycles. The molecule has 0 aliphatic heterocycles. The molecule has 4 N–H and O–H groups in total. The second kappa shape index (κ2) is 11.9. The van der Waals surface area contributed by atoms with Gasteiger partial charge in [-0.3, -0.25) is 9.59 Å². The first-order chi connectivity index (χ1) is 17.1. The third-order valence-electron chi connectivity index (χ3n) is 4.99. The Morgan fingerprint density at radius 1 is 1.06 bits per heavy atom. The number of aromatic nitrogens is 1. The number of rotatable bonds is 10. The number of hydrogen-bond acceptors (Lipinski definition) is 7. The van der Waals surface area contributed by atoms with Gasteiger partial charge in [0.15, 0.2) is 9.84 Å². The largest absolute Gasteiger partial charge is 0.493 e. The van der Waals surface area contributed by atoms with Crippen molar-refractivity contribution in [3.63, 3.8) is 0 Å². The van der Waals surface area contributed by atoms with Crippen LogP contribution < -0.4 is 21.1 Å². The summed E-state index contributed by atoms with van der Waals surface area (Å²) in [6.07, 6.45) is 1.81. The predicted molar refractivity (Wildman–Crippen MR) is 135 cm³/mol. The maximum absolute atomic E-state index is 14.0. The third kappa shape index (κ3) is 6.78. The Bertz CT molecular complexity index is 1370. The maximum atomic E-state index is 14.0. The zero-order chi connectivity index (χ0) is 26.3. The average Bonchev–Trinajstić information content (AvgIpc) is 2.86. The third-order valence-corrected chi connectivity index (χ3v) is 6.94. The lowest BCUT2D eigenvalue weighted by Gasteiger charge is -2.15. The molecule has 0 saturated heterocycles. The molecule has 2 aromatic carbocycles. The van der Waals surface area contributed by atoms with Crippen LogP contribution in [0.3, 0.4) is 0 Å². The molecule has 0 aliphatic carbocycles. The van der Waals surface area contributed by atoms with Gasteiger partial charge in [0.2, 0.25) is 0 Å². The normalized spacial score (nSPS) is 11.1. The minimum absolute atomic E-state index is 0.00149. The van der Waals surface area contributed by atoms with Crippen molar-refractivity contribution in [2.24, 2.45) is 5.73 Å². The van der Waals surface area contributed by atoms with Crippen molar-refractivity contribution in [2.75, 3.05) is 29.5 Å². The highest BCUT2D eigenvalue weighted by Crippen LogP contribution is 2.27. The second-order valence-electron chi connectivity index (χ2n) is 7.51. The topological polar surface area (TPSA) is 140 Å². The van der Waals surface area contributed by atoms with E-state index in [2.05, 4.69) is 15.6 Å². The lowest BCUT2D eigenvalue weighted by Crippen LogP contribution is -2.20. The van der Waals surface area contributed by atoms with Gasteiger partial charge in [0.1, 0.15) is 17.4 Å². The van der Waals surface area contributed by atoms with Crippen molar-refractivity contribution in [3.8, 4) is 5.75 Å². The zero-order valence-corrected chi connectivity index (χ0v) is 20.8. The molecule has 0 radical (unpaired) electrons. The number of halogens is 2. The van der Waals surface area contributed by atoms with E-state index in [1.165, 1.54) is 49.5 Å². The number of nitrogens with zero attached hydrogens (tertiary/aromatic N) is 1. The van der Waals surface area contributed by atoms with Gasteiger partial charge in [-0.2, -0.15) is 0 Å². The quantitative estimate of drug-likeness (QED) is 0.335. The van der Waals surface area contributed by atoms with Crippen molar-refractivity contribution in [1.82, 2.24) is 4.98 Å². The van der Waals surface area contributed by atoms with E-state index in [9.17, 15) is 22.4 Å². The molecule has 0 bridgehead atoms. The number of amides is 2. The van der Waals surface area contributed by atoms with Crippen LogP contribution in [0.4, 0.5) is 15.9 Å². The van der Waals surface area contributed by atoms with Crippen LogP contribution in [-0.4, -0.2) is 44.1 Å². The van der Waals surface area contributed by atoms with E-state index in [4.69, 9.17) is 22.1 Å². The van der Waals surface area contributed by atoms with Crippen LogP contribution in [0.15, 0.2) is 59.6 Å². The van der Waals surface area contributed by atoms with Gasteiger partial charge in [0.05, 0.1) is 39.1 Å². The van der Waals surface area contributed by atoms with Crippen molar-refractivity contribution in [1.29, 1.82) is 0 Å². The molecular weight excluding hydrogens is 511 g/mol. The summed E-state index contributed by atoms with van der Waals surface area (Å²) in [5, 5.41) is 5.45. The standard InChI is InChI=1S/C24H24ClFN4O5S/c1-2-36(33,34)17-6-7-18(21(13-17)35-11-3-10-27)23(31)29-20-8-5-16(26)12-19(20)24(32)30-22-9-4-15(25)14-28-22/h4-9,12-14H,2-3,10-11,27H2,1H3,(H,29,31)(H,28,30,32). The van der Waals surface area contributed by atoms with Crippen LogP contribution in [0.25, 0.3) is 0 Å². The number of carbonyl (C=O) groups is 2. The van der Waals surface area contributed by atoms with E-state index >= 15 is 0 Å². The van der Waals surface area contributed by atoms with Gasteiger partial charge < -0.3 is 21.1 Å². The Hall–Kier alpha value is -3.54. The molecule has 0 aliphatic rings. The van der Waals surface area contributed by atoms with Gasteiger partial charge in [-0.25, -0.2) is 17.8 Å². The fraction of sp³-hybridized carbons (Fsp3) is 0.208. The van der Waals surface area contributed by atoms with E-state index in [-0.39, 0.29) is 45.6 Å². The molecule has 3 rings (SSSR count). The fourth-order valence-electron chi connectivity index (χ4n) is 3.07. The van der Waals surface area contributed by atoms with Gasteiger partial charge >= 0.3 is 0 Å². The molecule has 1 heterocycles. The zero-order valence-electron chi connectivity index (χ0n) is 19.3. The first kappa shape index (κ1) is 27.1. The Balaban J connectivity index is 1.91. The highest BCUT2D eigenvalue weighted by Gasteiger charge is 2.21. The first-order valence-corrected chi connectivity index (χ1v) is 12.9. The Labute approximate surface area is 212 Å². The van der Waals surface area contributed by atoms with Crippen LogP contribution >= 0.6 is 11.6 Å². The fourth-order valence-corrected chi connectivity index (χ4v) is 4.08. The van der Waals surface area contributed by atoms with Crippen LogP contribution in [0.1, 0.15) is 34.1 Å². The van der Waals surface area contributed by atoms with Gasteiger partial charge in [-0.15, -0.1) is 0 Å². The molecule has 0 unspecified atom stereocenters. The number of benzene rings is 2. The Morgan fingerprint density at radius 2 is 1.81 bits per heavy atom. The van der Waals surface area contributed by atoms with E-state index in [1.54, 1.807) is 0 Å². The summed E-state index contributed by atoms with van der Waals surface area (Å²) in [7, 11) is -3.55. The molecule has 190 valence electrons. The van der Waals surface area contributed by atoms with E-state index < -0.39 is 27.5 Å². The second-order valence-corrected chi connectivity index (χ2v) is 10.2. The van der Waals surface area contributed by atoms with Crippen molar-refractivity contribution in [2.45, 2.75) is 18.2 Å². The molecule has 9 nitrogen and oxygen atoms in total. The number of ether oxygens (including phenoxy) is 1. The summed E-state index contributed by atoms with van der Waals surface area (Å²) >= 11 is 5.80. The summed E-state index contributed by atoms with van der Waals surface area (Å²) in [6, 6.07) is 10.2. The van der Waals surface area contributed by atoms with Crippen molar-refractivity contribution < 1.29 is 27.1 Å². The van der Waals surface area contributed by atoms with Crippen molar-refractivity contribution >= 4 is 44.8 Å². The SMILES string of the molecule is CCS(=O)(=O)c1ccc(C(=O)Nc2ccc(F)cc2C(=O)Nc2ccc(Cl)cn2)c(OCCCN)c1. The average molecular weight is 535 g/mol. The minimum Gasteiger partial charge on any atom is -0.493 e. The van der Waals surface area contributed by atoms with Gasteiger partial charge in [0, 0.05) is 6.20 Å². The lowest BCUT2D eigenvalue weighted by atomic mass is 10.1. The smallest absolute Gasteiger partial charge is 0.259 e. The molecule has 36 heavy (non-hydrogen) atoms. The highest BCUT2D eigenvalue weighted by molar-refractivity contribution is 7.91. The number of carbonyl (C=O) groups excluding carboxylic acids is 2. The monoisotopic (exact) mass is 534 g/mol. The lowest BCUT2D eigenvalue weighted by molar-refractivity contribution is 0.102. The molecule has 3 aromatic rings. The number of hydrogen-bond donors (Lipinski definition) is 3. The van der Waals surface area contributed by atoms with Crippen LogP contribution in [0.2, 0.25) is 5.02 Å². The van der Waals surface area contributed by atoms with Gasteiger partial charge in [0.25, 0.3) is 11.8 Å². The molecule has 0 spiro atoms. The van der Waals surface area contributed by atoms with Crippen molar-refractivity contribution in [3.05, 3.63) is 76.7 Å². The molecular formula is C24H24ClFN4O5S. The Morgan fingerprint density at radius 3 is 2.47 bits per heavy atom. The van der Waals surface area contributed by atoms with Gasteiger partial charge in [-0.1, -0.05) is 18.5 Å². The summed E-state index contributed by atoms with van der Waals surface area (Å²) < 4.78 is 44.2. The molecule has 1 aromatic heterocycles. The predicted octanol–water partition coefficient (Wildman–Crippen LogP) is 3.90. The summed E-state index contributed by atoms with van der Waals surface area (Å²) in [6.45, 7) is 2.00. The Kier molecular flexibility index (Phi) is 8.97. The number of nitrogens with one attached hydrogen (secondary N) is 2. The molecule has 2 amide bonds. The molecule has 0 fully saturated rings.